The van der Waals surface area contributed by atoms with Crippen LogP contribution in [0.5, 0.6) is 5.75 Å². The van der Waals surface area contributed by atoms with E-state index >= 15 is 0 Å². The van der Waals surface area contributed by atoms with E-state index in [4.69, 9.17) is 10.3 Å². The summed E-state index contributed by atoms with van der Waals surface area (Å²) in [6.07, 6.45) is -1.25. The number of halogens is 1. The Kier molecular flexibility index (Phi) is 2.52. The standard InChI is InChI=1S/C11H11FN2O2/c1-6(12)8-4-7(2-3-9(8)15)10-5-11(13)14-16-10/h2-6,15H,1H3,(H2,13,14). The third kappa shape index (κ3) is 1.84. The van der Waals surface area contributed by atoms with Crippen molar-refractivity contribution in [1.29, 1.82) is 0 Å². The molecule has 0 bridgehead atoms. The Balaban J connectivity index is 2.47. The van der Waals surface area contributed by atoms with Gasteiger partial charge in [-0.05, 0) is 25.1 Å². The molecule has 0 saturated carbocycles. The van der Waals surface area contributed by atoms with E-state index in [1.807, 2.05) is 0 Å². The zero-order valence-electron chi connectivity index (χ0n) is 8.64. The molecule has 1 unspecified atom stereocenters. The molecule has 2 rings (SSSR count). The van der Waals surface area contributed by atoms with Gasteiger partial charge in [-0.25, -0.2) is 4.39 Å². The van der Waals surface area contributed by atoms with Crippen molar-refractivity contribution in [1.82, 2.24) is 5.16 Å². The molecule has 1 heterocycles. The molecule has 84 valence electrons. The van der Waals surface area contributed by atoms with Crippen LogP contribution in [0.15, 0.2) is 28.8 Å². The molecule has 0 saturated heterocycles. The van der Waals surface area contributed by atoms with Gasteiger partial charge >= 0.3 is 0 Å². The summed E-state index contributed by atoms with van der Waals surface area (Å²) in [5, 5.41) is 13.0. The molecule has 0 amide bonds. The Morgan fingerprint density at radius 1 is 1.44 bits per heavy atom. The van der Waals surface area contributed by atoms with Gasteiger partial charge in [0.05, 0.1) is 0 Å². The van der Waals surface area contributed by atoms with E-state index in [0.29, 0.717) is 11.3 Å². The molecule has 0 aliphatic rings. The van der Waals surface area contributed by atoms with Crippen molar-refractivity contribution in [2.45, 2.75) is 13.1 Å². The van der Waals surface area contributed by atoms with Crippen LogP contribution in [0.4, 0.5) is 10.2 Å². The van der Waals surface area contributed by atoms with E-state index in [1.165, 1.54) is 19.1 Å². The lowest BCUT2D eigenvalue weighted by Crippen LogP contribution is -1.87. The number of aromatic nitrogens is 1. The van der Waals surface area contributed by atoms with Crippen LogP contribution in [0.25, 0.3) is 11.3 Å². The molecule has 4 nitrogen and oxygen atoms in total. The molecule has 0 aliphatic heterocycles. The number of nitrogens with two attached hydrogens (primary N) is 1. The highest BCUT2D eigenvalue weighted by atomic mass is 19.1. The molecule has 5 heteroatoms. The maximum absolute atomic E-state index is 13.2. The number of aromatic hydroxyl groups is 1. The van der Waals surface area contributed by atoms with Crippen molar-refractivity contribution in [2.24, 2.45) is 0 Å². The highest BCUT2D eigenvalue weighted by molar-refractivity contribution is 5.62. The number of nitrogens with zero attached hydrogens (tertiary/aromatic N) is 1. The summed E-state index contributed by atoms with van der Waals surface area (Å²) in [5.41, 5.74) is 6.26. The number of phenols is 1. The van der Waals surface area contributed by atoms with Gasteiger partial charge < -0.3 is 15.4 Å². The monoisotopic (exact) mass is 222 g/mol. The molecular formula is C11H11FN2O2. The van der Waals surface area contributed by atoms with Crippen molar-refractivity contribution < 1.29 is 14.0 Å². The van der Waals surface area contributed by atoms with Gasteiger partial charge in [-0.1, -0.05) is 5.16 Å². The lowest BCUT2D eigenvalue weighted by molar-refractivity contribution is 0.356. The quantitative estimate of drug-likeness (QED) is 0.819. The maximum Gasteiger partial charge on any atom is 0.169 e. The summed E-state index contributed by atoms with van der Waals surface area (Å²) in [6, 6.07) is 6.08. The van der Waals surface area contributed by atoms with Crippen molar-refractivity contribution in [3.63, 3.8) is 0 Å². The van der Waals surface area contributed by atoms with E-state index in [2.05, 4.69) is 5.16 Å². The van der Waals surface area contributed by atoms with E-state index < -0.39 is 6.17 Å². The van der Waals surface area contributed by atoms with Gasteiger partial charge in [0.25, 0.3) is 0 Å². The minimum Gasteiger partial charge on any atom is -0.508 e. The van der Waals surface area contributed by atoms with Crippen molar-refractivity contribution >= 4 is 5.82 Å². The SMILES string of the molecule is CC(F)c1cc(-c2cc(N)no2)ccc1O. The van der Waals surface area contributed by atoms with Gasteiger partial charge in [0.2, 0.25) is 0 Å². The topological polar surface area (TPSA) is 72.3 Å². The molecular weight excluding hydrogens is 211 g/mol. The largest absolute Gasteiger partial charge is 0.508 e. The molecule has 0 fully saturated rings. The molecule has 0 radical (unpaired) electrons. The minimum atomic E-state index is -1.25. The molecule has 0 aliphatic carbocycles. The molecule has 0 spiro atoms. The van der Waals surface area contributed by atoms with Crippen LogP contribution in [-0.4, -0.2) is 10.3 Å². The molecule has 3 N–H and O–H groups in total. The van der Waals surface area contributed by atoms with Gasteiger partial charge in [0, 0.05) is 17.2 Å². The fourth-order valence-corrected chi connectivity index (χ4v) is 1.45. The molecule has 2 aromatic rings. The number of alkyl halides is 1. The van der Waals surface area contributed by atoms with Crippen molar-refractivity contribution in [3.05, 3.63) is 29.8 Å². The zero-order valence-corrected chi connectivity index (χ0v) is 8.64. The smallest absolute Gasteiger partial charge is 0.169 e. The normalized spacial score (nSPS) is 12.6. The van der Waals surface area contributed by atoms with Crippen LogP contribution in [0, 0.1) is 0 Å². The van der Waals surface area contributed by atoms with Gasteiger partial charge in [-0.3, -0.25) is 0 Å². The number of rotatable bonds is 2. The second kappa shape index (κ2) is 3.84. The van der Waals surface area contributed by atoms with E-state index in [1.54, 1.807) is 12.1 Å². The van der Waals surface area contributed by atoms with Crippen LogP contribution >= 0.6 is 0 Å². The van der Waals surface area contributed by atoms with Crippen LogP contribution in [-0.2, 0) is 0 Å². The number of hydrogen-bond donors (Lipinski definition) is 2. The number of nitrogen functional groups attached to an aromatic ring is 1. The van der Waals surface area contributed by atoms with Crippen molar-refractivity contribution in [3.8, 4) is 17.1 Å². The fraction of sp³-hybridized carbons (Fsp3) is 0.182. The predicted molar refractivity (Wildman–Crippen MR) is 57.5 cm³/mol. The number of benzene rings is 1. The first-order chi connectivity index (χ1) is 7.58. The van der Waals surface area contributed by atoms with Gasteiger partial charge in [0.15, 0.2) is 11.6 Å². The first kappa shape index (κ1) is 10.5. The summed E-state index contributed by atoms with van der Waals surface area (Å²) in [5.74, 6) is 0.628. The summed E-state index contributed by atoms with van der Waals surface area (Å²) in [6.45, 7) is 1.35. The Morgan fingerprint density at radius 3 is 2.75 bits per heavy atom. The molecule has 16 heavy (non-hydrogen) atoms. The fourth-order valence-electron chi connectivity index (χ4n) is 1.45. The molecule has 1 aromatic heterocycles. The lowest BCUT2D eigenvalue weighted by atomic mass is 10.0. The van der Waals surface area contributed by atoms with Crippen LogP contribution in [0.2, 0.25) is 0 Å². The Morgan fingerprint density at radius 2 is 2.19 bits per heavy atom. The Bertz CT molecular complexity index is 508. The summed E-state index contributed by atoms with van der Waals surface area (Å²) in [7, 11) is 0. The number of anilines is 1. The highest BCUT2D eigenvalue weighted by Gasteiger charge is 2.12. The Labute approximate surface area is 91.5 Å². The summed E-state index contributed by atoms with van der Waals surface area (Å²) in [4.78, 5) is 0. The van der Waals surface area contributed by atoms with Gasteiger partial charge in [-0.2, -0.15) is 0 Å². The van der Waals surface area contributed by atoms with E-state index in [0.717, 1.165) is 0 Å². The van der Waals surface area contributed by atoms with Gasteiger partial charge in [-0.15, -0.1) is 0 Å². The summed E-state index contributed by atoms with van der Waals surface area (Å²) < 4.78 is 18.1. The summed E-state index contributed by atoms with van der Waals surface area (Å²) >= 11 is 0. The Hall–Kier alpha value is -2.04. The van der Waals surface area contributed by atoms with Crippen LogP contribution in [0.1, 0.15) is 18.7 Å². The third-order valence-corrected chi connectivity index (χ3v) is 2.27. The third-order valence-electron chi connectivity index (χ3n) is 2.27. The number of phenolic OH excluding ortho intramolecular Hbond substituents is 1. The second-order valence-corrected chi connectivity index (χ2v) is 3.51. The van der Waals surface area contributed by atoms with Crippen molar-refractivity contribution in [2.75, 3.05) is 5.73 Å². The minimum absolute atomic E-state index is 0.0776. The maximum atomic E-state index is 13.2. The number of hydrogen-bond acceptors (Lipinski definition) is 4. The molecule has 1 atom stereocenters. The first-order valence-corrected chi connectivity index (χ1v) is 4.77. The molecule has 1 aromatic carbocycles. The van der Waals surface area contributed by atoms with Crippen LogP contribution < -0.4 is 5.73 Å². The van der Waals surface area contributed by atoms with E-state index in [-0.39, 0.29) is 17.1 Å². The van der Waals surface area contributed by atoms with Crippen LogP contribution in [0.3, 0.4) is 0 Å². The lowest BCUT2D eigenvalue weighted by Gasteiger charge is -2.06. The van der Waals surface area contributed by atoms with Gasteiger partial charge in [0.1, 0.15) is 11.9 Å². The predicted octanol–water partition coefficient (Wildman–Crippen LogP) is 2.66. The van der Waals surface area contributed by atoms with E-state index in [9.17, 15) is 9.50 Å². The average molecular weight is 222 g/mol. The second-order valence-electron chi connectivity index (χ2n) is 3.51. The first-order valence-electron chi connectivity index (χ1n) is 4.77. The zero-order chi connectivity index (χ0) is 11.7. The highest BCUT2D eigenvalue weighted by Crippen LogP contribution is 2.31. The average Bonchev–Trinajstić information content (AvgIpc) is 2.65.